The lowest BCUT2D eigenvalue weighted by Gasteiger charge is -2.15. The first-order chi connectivity index (χ1) is 10.7. The van der Waals surface area contributed by atoms with Crippen molar-refractivity contribution in [2.45, 2.75) is 31.7 Å². The molecular weight excluding hydrogens is 298 g/mol. The molecule has 1 aliphatic carbocycles. The first-order valence-corrected chi connectivity index (χ1v) is 7.82. The summed E-state index contributed by atoms with van der Waals surface area (Å²) in [5.41, 5.74) is 1.89. The molecule has 0 aliphatic heterocycles. The van der Waals surface area contributed by atoms with Crippen LogP contribution in [-0.2, 0) is 0 Å². The van der Waals surface area contributed by atoms with Gasteiger partial charge in [0.25, 0.3) is 0 Å². The first kappa shape index (κ1) is 13.5. The highest BCUT2D eigenvalue weighted by Crippen LogP contribution is 2.39. The number of benzene rings is 1. The smallest absolute Gasteiger partial charge is 0.203 e. The molecule has 4 rings (SSSR count). The van der Waals surface area contributed by atoms with Crippen molar-refractivity contribution in [3.63, 3.8) is 0 Å². The summed E-state index contributed by atoms with van der Waals surface area (Å²) in [6.45, 7) is 2.08. The summed E-state index contributed by atoms with van der Waals surface area (Å²) in [5.74, 6) is 2.33. The second-order valence-corrected chi connectivity index (χ2v) is 6.16. The van der Waals surface area contributed by atoms with Gasteiger partial charge in [-0.05, 0) is 37.5 Å². The van der Waals surface area contributed by atoms with E-state index in [4.69, 9.17) is 11.6 Å². The van der Waals surface area contributed by atoms with Gasteiger partial charge in [0.1, 0.15) is 5.82 Å². The van der Waals surface area contributed by atoms with Crippen molar-refractivity contribution in [3.8, 4) is 0 Å². The van der Waals surface area contributed by atoms with E-state index >= 15 is 0 Å². The summed E-state index contributed by atoms with van der Waals surface area (Å²) < 4.78 is 2.04. The number of fused-ring (bicyclic) bond motifs is 1. The highest BCUT2D eigenvalue weighted by atomic mass is 35.5. The Balaban J connectivity index is 1.66. The van der Waals surface area contributed by atoms with Gasteiger partial charge in [-0.1, -0.05) is 23.7 Å². The zero-order valence-electron chi connectivity index (χ0n) is 12.2. The maximum absolute atomic E-state index is 6.06. The van der Waals surface area contributed by atoms with Crippen LogP contribution in [0.5, 0.6) is 0 Å². The summed E-state index contributed by atoms with van der Waals surface area (Å²) in [6.07, 6.45) is 6.11. The predicted octanol–water partition coefficient (Wildman–Crippen LogP) is 3.83. The first-order valence-electron chi connectivity index (χ1n) is 7.44. The molecule has 0 bridgehead atoms. The molecule has 0 spiro atoms. The molecule has 2 aromatic heterocycles. The van der Waals surface area contributed by atoms with Crippen LogP contribution < -0.4 is 5.32 Å². The van der Waals surface area contributed by atoms with Gasteiger partial charge >= 0.3 is 0 Å². The number of halogens is 1. The minimum absolute atomic E-state index is 0.0819. The molecule has 0 saturated heterocycles. The molecule has 112 valence electrons. The van der Waals surface area contributed by atoms with Crippen molar-refractivity contribution in [1.82, 2.24) is 19.6 Å². The summed E-state index contributed by atoms with van der Waals surface area (Å²) in [5, 5.41) is 12.8. The van der Waals surface area contributed by atoms with E-state index in [1.54, 1.807) is 6.20 Å². The Labute approximate surface area is 133 Å². The number of nitrogens with one attached hydrogen (secondary N) is 1. The van der Waals surface area contributed by atoms with E-state index in [2.05, 4.69) is 27.4 Å². The van der Waals surface area contributed by atoms with Crippen molar-refractivity contribution in [2.75, 3.05) is 5.32 Å². The van der Waals surface area contributed by atoms with E-state index < -0.39 is 0 Å². The van der Waals surface area contributed by atoms with Gasteiger partial charge in [0.15, 0.2) is 5.82 Å². The minimum Gasteiger partial charge on any atom is -0.360 e. The van der Waals surface area contributed by atoms with Crippen LogP contribution >= 0.6 is 11.6 Å². The molecule has 3 aromatic rings. The van der Waals surface area contributed by atoms with E-state index in [0.717, 1.165) is 27.9 Å². The van der Waals surface area contributed by atoms with Crippen LogP contribution in [0, 0.1) is 0 Å². The van der Waals surface area contributed by atoms with Crippen LogP contribution in [0.3, 0.4) is 0 Å². The Kier molecular flexibility index (Phi) is 3.22. The van der Waals surface area contributed by atoms with Crippen LogP contribution in [0.15, 0.2) is 36.7 Å². The fourth-order valence-electron chi connectivity index (χ4n) is 2.63. The van der Waals surface area contributed by atoms with Crippen LogP contribution in [-0.4, -0.2) is 19.6 Å². The SMILES string of the molecule is CC(Nc1nccn2c(C3CC3)nnc12)c1cccc(Cl)c1. The lowest BCUT2D eigenvalue weighted by Crippen LogP contribution is -2.09. The Morgan fingerprint density at radius 2 is 2.18 bits per heavy atom. The van der Waals surface area contributed by atoms with Crippen molar-refractivity contribution in [3.05, 3.63) is 53.1 Å². The average Bonchev–Trinajstić information content (AvgIpc) is 3.27. The lowest BCUT2D eigenvalue weighted by atomic mass is 10.1. The highest BCUT2D eigenvalue weighted by Gasteiger charge is 2.29. The Morgan fingerprint density at radius 1 is 1.32 bits per heavy atom. The van der Waals surface area contributed by atoms with Gasteiger partial charge in [0.05, 0.1) is 6.04 Å². The third kappa shape index (κ3) is 2.41. The monoisotopic (exact) mass is 313 g/mol. The molecule has 1 aromatic carbocycles. The third-order valence-corrected chi connectivity index (χ3v) is 4.23. The number of hydrogen-bond donors (Lipinski definition) is 1. The molecule has 2 heterocycles. The highest BCUT2D eigenvalue weighted by molar-refractivity contribution is 6.30. The molecule has 0 radical (unpaired) electrons. The van der Waals surface area contributed by atoms with Gasteiger partial charge in [-0.15, -0.1) is 10.2 Å². The Morgan fingerprint density at radius 3 is 2.95 bits per heavy atom. The second kappa shape index (κ2) is 5.25. The molecule has 1 aliphatic rings. The van der Waals surface area contributed by atoms with Gasteiger partial charge in [-0.3, -0.25) is 4.40 Å². The lowest BCUT2D eigenvalue weighted by molar-refractivity contribution is 0.868. The molecular formula is C16H16ClN5. The van der Waals surface area contributed by atoms with Crippen LogP contribution in [0.1, 0.15) is 43.1 Å². The summed E-state index contributed by atoms with van der Waals surface area (Å²) >= 11 is 6.06. The standard InChI is InChI=1S/C16H16ClN5/c1-10(12-3-2-4-13(17)9-12)19-14-16-21-20-15(11-5-6-11)22(16)8-7-18-14/h2-4,7-11H,5-6H2,1H3,(H,18,19). The molecule has 6 heteroatoms. The van der Waals surface area contributed by atoms with Gasteiger partial charge in [-0.25, -0.2) is 4.98 Å². The summed E-state index contributed by atoms with van der Waals surface area (Å²) in [6, 6.07) is 7.91. The largest absolute Gasteiger partial charge is 0.360 e. The van der Waals surface area contributed by atoms with E-state index in [1.165, 1.54) is 12.8 Å². The van der Waals surface area contributed by atoms with Crippen LogP contribution in [0.2, 0.25) is 5.02 Å². The number of nitrogens with zero attached hydrogens (tertiary/aromatic N) is 4. The molecule has 1 fully saturated rings. The Bertz CT molecular complexity index is 824. The second-order valence-electron chi connectivity index (χ2n) is 5.72. The fraction of sp³-hybridized carbons (Fsp3) is 0.312. The number of hydrogen-bond acceptors (Lipinski definition) is 4. The molecule has 1 N–H and O–H groups in total. The van der Waals surface area contributed by atoms with Gasteiger partial charge in [0.2, 0.25) is 5.65 Å². The van der Waals surface area contributed by atoms with E-state index in [1.807, 2.05) is 34.9 Å². The normalized spacial score (nSPS) is 15.9. The molecule has 5 nitrogen and oxygen atoms in total. The maximum atomic E-state index is 6.06. The zero-order chi connectivity index (χ0) is 15.1. The van der Waals surface area contributed by atoms with Crippen LogP contribution in [0.25, 0.3) is 5.65 Å². The van der Waals surface area contributed by atoms with E-state index in [0.29, 0.717) is 5.92 Å². The van der Waals surface area contributed by atoms with Crippen molar-refractivity contribution >= 4 is 23.1 Å². The van der Waals surface area contributed by atoms with Crippen molar-refractivity contribution in [1.29, 1.82) is 0 Å². The average molecular weight is 314 g/mol. The number of anilines is 1. The summed E-state index contributed by atoms with van der Waals surface area (Å²) in [4.78, 5) is 4.42. The number of aromatic nitrogens is 4. The molecule has 1 unspecified atom stereocenters. The van der Waals surface area contributed by atoms with Crippen molar-refractivity contribution in [2.24, 2.45) is 0 Å². The third-order valence-electron chi connectivity index (χ3n) is 4.00. The van der Waals surface area contributed by atoms with Gasteiger partial charge in [0, 0.05) is 23.3 Å². The Hall–Kier alpha value is -2.14. The zero-order valence-corrected chi connectivity index (χ0v) is 13.0. The molecule has 0 amide bonds. The quantitative estimate of drug-likeness (QED) is 0.795. The topological polar surface area (TPSA) is 55.1 Å². The maximum Gasteiger partial charge on any atom is 0.203 e. The predicted molar refractivity (Wildman–Crippen MR) is 86.2 cm³/mol. The molecule has 1 saturated carbocycles. The fourth-order valence-corrected chi connectivity index (χ4v) is 2.83. The van der Waals surface area contributed by atoms with Gasteiger partial charge in [-0.2, -0.15) is 0 Å². The van der Waals surface area contributed by atoms with E-state index in [9.17, 15) is 0 Å². The van der Waals surface area contributed by atoms with Gasteiger partial charge < -0.3 is 5.32 Å². The molecule has 22 heavy (non-hydrogen) atoms. The molecule has 1 atom stereocenters. The van der Waals surface area contributed by atoms with E-state index in [-0.39, 0.29) is 6.04 Å². The van der Waals surface area contributed by atoms with Crippen molar-refractivity contribution < 1.29 is 0 Å². The summed E-state index contributed by atoms with van der Waals surface area (Å²) in [7, 11) is 0. The number of rotatable bonds is 4. The minimum atomic E-state index is 0.0819. The van der Waals surface area contributed by atoms with Crippen LogP contribution in [0.4, 0.5) is 5.82 Å².